The average Bonchev–Trinajstić information content (AvgIpc) is 2.93. The molecule has 21 heavy (non-hydrogen) atoms. The van der Waals surface area contributed by atoms with Crippen molar-refractivity contribution in [3.8, 4) is 0 Å². The van der Waals surface area contributed by atoms with Crippen LogP contribution < -0.4 is 11.1 Å². The lowest BCUT2D eigenvalue weighted by atomic mass is 10.0. The van der Waals surface area contributed by atoms with Crippen molar-refractivity contribution in [1.82, 2.24) is 10.3 Å². The van der Waals surface area contributed by atoms with E-state index in [2.05, 4.69) is 10.3 Å². The van der Waals surface area contributed by atoms with Gasteiger partial charge in [-0.15, -0.1) is 11.3 Å². The summed E-state index contributed by atoms with van der Waals surface area (Å²) in [5.41, 5.74) is 6.70. The van der Waals surface area contributed by atoms with Crippen LogP contribution in [0.15, 0.2) is 23.6 Å². The average molecular weight is 344 g/mol. The number of nitrogens with one attached hydrogen (secondary N) is 1. The number of carbonyl (C=O) groups excluding carboxylic acids is 1. The summed E-state index contributed by atoms with van der Waals surface area (Å²) >= 11 is 13.7. The first kappa shape index (κ1) is 16.2. The Balaban J connectivity index is 2.00. The molecule has 1 atom stereocenters. The summed E-state index contributed by atoms with van der Waals surface area (Å²) in [5, 5.41) is 6.47. The van der Waals surface area contributed by atoms with Crippen LogP contribution in [0.25, 0.3) is 0 Å². The molecule has 4 nitrogen and oxygen atoms in total. The Morgan fingerprint density at radius 2 is 2.10 bits per heavy atom. The molecular weight excluding hydrogens is 329 g/mol. The van der Waals surface area contributed by atoms with Gasteiger partial charge in [0.25, 0.3) is 5.91 Å². The summed E-state index contributed by atoms with van der Waals surface area (Å²) in [6, 6.07) is 5.37. The van der Waals surface area contributed by atoms with E-state index in [-0.39, 0.29) is 11.8 Å². The summed E-state index contributed by atoms with van der Waals surface area (Å²) in [6.45, 7) is 2.72. The molecule has 0 spiro atoms. The number of aromatic nitrogens is 1. The van der Waals surface area contributed by atoms with Crippen LogP contribution in [0.2, 0.25) is 10.0 Å². The van der Waals surface area contributed by atoms with Crippen molar-refractivity contribution >= 4 is 40.4 Å². The van der Waals surface area contributed by atoms with Gasteiger partial charge in [-0.05, 0) is 17.7 Å². The number of rotatable bonds is 5. The van der Waals surface area contributed by atoms with Gasteiger partial charge in [0.1, 0.15) is 10.7 Å². The molecule has 0 saturated carbocycles. The minimum absolute atomic E-state index is 0.00256. The number of hydrogen-bond donors (Lipinski definition) is 2. The predicted molar refractivity (Wildman–Crippen MR) is 87.2 cm³/mol. The van der Waals surface area contributed by atoms with E-state index in [1.165, 1.54) is 11.3 Å². The molecule has 1 aromatic carbocycles. The zero-order valence-electron chi connectivity index (χ0n) is 11.4. The van der Waals surface area contributed by atoms with Crippen molar-refractivity contribution in [2.24, 2.45) is 5.73 Å². The number of nitrogens with zero attached hydrogens (tertiary/aromatic N) is 1. The molecule has 1 heterocycles. The second kappa shape index (κ2) is 7.22. The highest BCUT2D eigenvalue weighted by molar-refractivity contribution is 7.09. The second-order valence-corrected chi connectivity index (χ2v) is 6.33. The van der Waals surface area contributed by atoms with E-state index in [1.807, 2.05) is 6.92 Å². The fraction of sp³-hybridized carbons (Fsp3) is 0.286. The van der Waals surface area contributed by atoms with E-state index in [0.29, 0.717) is 28.8 Å². The molecule has 1 unspecified atom stereocenters. The third-order valence-electron chi connectivity index (χ3n) is 3.02. The zero-order chi connectivity index (χ0) is 15.4. The summed E-state index contributed by atoms with van der Waals surface area (Å²) < 4.78 is 0. The Hall–Kier alpha value is -1.14. The lowest BCUT2D eigenvalue weighted by Crippen LogP contribution is -2.28. The van der Waals surface area contributed by atoms with E-state index in [1.54, 1.807) is 23.6 Å². The van der Waals surface area contributed by atoms with Gasteiger partial charge in [0, 0.05) is 34.4 Å². The topological polar surface area (TPSA) is 68.0 Å². The van der Waals surface area contributed by atoms with Crippen LogP contribution in [-0.4, -0.2) is 17.4 Å². The van der Waals surface area contributed by atoms with Gasteiger partial charge in [0.05, 0.1) is 0 Å². The molecule has 112 valence electrons. The first-order valence-corrected chi connectivity index (χ1v) is 8.03. The van der Waals surface area contributed by atoms with E-state index >= 15 is 0 Å². The largest absolute Gasteiger partial charge is 0.350 e. The smallest absolute Gasteiger partial charge is 0.270 e. The van der Waals surface area contributed by atoms with Crippen LogP contribution in [0.4, 0.5) is 0 Å². The van der Waals surface area contributed by atoms with Crippen molar-refractivity contribution in [2.75, 3.05) is 6.54 Å². The Labute approximate surface area is 137 Å². The minimum atomic E-state index is -0.221. The van der Waals surface area contributed by atoms with Crippen LogP contribution in [0.1, 0.15) is 33.9 Å². The Kier molecular flexibility index (Phi) is 5.58. The van der Waals surface area contributed by atoms with Crippen molar-refractivity contribution in [2.45, 2.75) is 19.4 Å². The van der Waals surface area contributed by atoms with Gasteiger partial charge < -0.3 is 11.1 Å². The van der Waals surface area contributed by atoms with E-state index in [9.17, 15) is 4.79 Å². The number of thiazole rings is 1. The Morgan fingerprint density at radius 3 is 2.67 bits per heavy atom. The van der Waals surface area contributed by atoms with Crippen LogP contribution in [-0.2, 0) is 6.54 Å². The predicted octanol–water partition coefficient (Wildman–Crippen LogP) is 3.44. The highest BCUT2D eigenvalue weighted by atomic mass is 35.5. The summed E-state index contributed by atoms with van der Waals surface area (Å²) in [6.07, 6.45) is 0. The molecule has 0 fully saturated rings. The van der Waals surface area contributed by atoms with Gasteiger partial charge in [0.2, 0.25) is 0 Å². The SMILES string of the molecule is CC(CNC(=O)c1csc(CN)n1)c1c(Cl)cccc1Cl. The lowest BCUT2D eigenvalue weighted by Gasteiger charge is -2.15. The van der Waals surface area contributed by atoms with Crippen molar-refractivity contribution in [3.63, 3.8) is 0 Å². The molecule has 0 bridgehead atoms. The molecule has 0 aliphatic heterocycles. The third-order valence-corrected chi connectivity index (χ3v) is 4.55. The fourth-order valence-corrected chi connectivity index (χ4v) is 3.35. The quantitative estimate of drug-likeness (QED) is 0.873. The normalized spacial score (nSPS) is 12.2. The lowest BCUT2D eigenvalue weighted by molar-refractivity contribution is 0.0947. The van der Waals surface area contributed by atoms with Gasteiger partial charge in [-0.2, -0.15) is 0 Å². The maximum Gasteiger partial charge on any atom is 0.270 e. The van der Waals surface area contributed by atoms with Crippen molar-refractivity contribution < 1.29 is 4.79 Å². The molecule has 3 N–H and O–H groups in total. The van der Waals surface area contributed by atoms with E-state index in [0.717, 1.165) is 10.6 Å². The van der Waals surface area contributed by atoms with Gasteiger partial charge in [-0.1, -0.05) is 36.2 Å². The molecule has 0 aliphatic carbocycles. The molecule has 2 aromatic rings. The monoisotopic (exact) mass is 343 g/mol. The first-order chi connectivity index (χ1) is 10.0. The van der Waals surface area contributed by atoms with E-state index < -0.39 is 0 Å². The molecule has 1 aromatic heterocycles. The molecule has 7 heteroatoms. The maximum atomic E-state index is 12.0. The molecule has 0 radical (unpaired) electrons. The minimum Gasteiger partial charge on any atom is -0.350 e. The van der Waals surface area contributed by atoms with Crippen molar-refractivity contribution in [3.05, 3.63) is 49.9 Å². The number of amides is 1. The van der Waals surface area contributed by atoms with Crippen LogP contribution >= 0.6 is 34.5 Å². The Bertz CT molecular complexity index is 625. The number of carbonyl (C=O) groups is 1. The van der Waals surface area contributed by atoms with E-state index in [4.69, 9.17) is 28.9 Å². The fourth-order valence-electron chi connectivity index (χ4n) is 1.93. The zero-order valence-corrected chi connectivity index (χ0v) is 13.7. The number of benzene rings is 1. The summed E-state index contributed by atoms with van der Waals surface area (Å²) in [7, 11) is 0. The van der Waals surface area contributed by atoms with Crippen LogP contribution in [0, 0.1) is 0 Å². The van der Waals surface area contributed by atoms with Crippen LogP contribution in [0.3, 0.4) is 0 Å². The molecular formula is C14H15Cl2N3OS. The van der Waals surface area contributed by atoms with Crippen molar-refractivity contribution in [1.29, 1.82) is 0 Å². The van der Waals surface area contributed by atoms with Gasteiger partial charge >= 0.3 is 0 Å². The summed E-state index contributed by atoms with van der Waals surface area (Å²) in [4.78, 5) is 16.1. The summed E-state index contributed by atoms with van der Waals surface area (Å²) in [5.74, 6) is -0.219. The standard InChI is InChI=1S/C14H15Cl2N3OS/c1-8(13-9(15)3-2-4-10(13)16)6-18-14(20)11-7-21-12(5-17)19-11/h2-4,7-8H,5-6,17H2,1H3,(H,18,20). The molecule has 0 saturated heterocycles. The highest BCUT2D eigenvalue weighted by Gasteiger charge is 2.16. The van der Waals surface area contributed by atoms with Gasteiger partial charge in [0.15, 0.2) is 0 Å². The van der Waals surface area contributed by atoms with Gasteiger partial charge in [-0.3, -0.25) is 4.79 Å². The molecule has 2 rings (SSSR count). The second-order valence-electron chi connectivity index (χ2n) is 4.58. The first-order valence-electron chi connectivity index (χ1n) is 6.39. The number of hydrogen-bond acceptors (Lipinski definition) is 4. The molecule has 1 amide bonds. The highest BCUT2D eigenvalue weighted by Crippen LogP contribution is 2.30. The van der Waals surface area contributed by atoms with Crippen LogP contribution in [0.5, 0.6) is 0 Å². The number of nitrogens with two attached hydrogens (primary N) is 1. The third kappa shape index (κ3) is 3.95. The maximum absolute atomic E-state index is 12.0. The number of halogens is 2. The Morgan fingerprint density at radius 1 is 1.43 bits per heavy atom. The molecule has 0 aliphatic rings. The van der Waals surface area contributed by atoms with Gasteiger partial charge in [-0.25, -0.2) is 4.98 Å².